The molecule has 0 bridgehead atoms. The fourth-order valence-corrected chi connectivity index (χ4v) is 1.38. The zero-order valence-corrected chi connectivity index (χ0v) is 7.39. The Bertz CT molecular complexity index is 353. The summed E-state index contributed by atoms with van der Waals surface area (Å²) < 4.78 is 35.8. The van der Waals surface area contributed by atoms with E-state index in [-0.39, 0.29) is 4.90 Å². The number of rotatable bonds is 2. The zero-order chi connectivity index (χ0) is 10.8. The lowest BCUT2D eigenvalue weighted by Crippen LogP contribution is -2.05. The maximum absolute atomic E-state index is 11.9. The number of hydrogen-bond acceptors (Lipinski definition) is 3. The van der Waals surface area contributed by atoms with Gasteiger partial charge in [0.25, 0.3) is 0 Å². The number of aromatic carboxylic acids is 1. The summed E-state index contributed by atoms with van der Waals surface area (Å²) in [5.41, 5.74) is -4.94. The van der Waals surface area contributed by atoms with Crippen LogP contribution in [-0.4, -0.2) is 21.6 Å². The molecule has 0 saturated carbocycles. The Morgan fingerprint density at radius 3 is 2.64 bits per heavy atom. The van der Waals surface area contributed by atoms with Crippen LogP contribution in [0.25, 0.3) is 0 Å². The molecule has 1 heterocycles. The third-order valence-corrected chi connectivity index (χ3v) is 2.04. The van der Waals surface area contributed by atoms with Crippen LogP contribution in [0.1, 0.15) is 10.4 Å². The third-order valence-electron chi connectivity index (χ3n) is 1.24. The van der Waals surface area contributed by atoms with Gasteiger partial charge in [-0.1, -0.05) is 0 Å². The molecule has 0 radical (unpaired) electrons. The van der Waals surface area contributed by atoms with Gasteiger partial charge in [-0.2, -0.15) is 13.2 Å². The van der Waals surface area contributed by atoms with E-state index in [9.17, 15) is 18.0 Å². The summed E-state index contributed by atoms with van der Waals surface area (Å²) >= 11 is -0.465. The van der Waals surface area contributed by atoms with Crippen molar-refractivity contribution in [1.29, 1.82) is 0 Å². The smallest absolute Gasteiger partial charge is 0.446 e. The Morgan fingerprint density at radius 1 is 1.50 bits per heavy atom. The van der Waals surface area contributed by atoms with E-state index >= 15 is 0 Å². The monoisotopic (exact) mass is 223 g/mol. The molecule has 3 nitrogen and oxygen atoms in total. The third kappa shape index (κ3) is 2.91. The fraction of sp³-hybridized carbons (Fsp3) is 0.143. The number of nitrogens with zero attached hydrogens (tertiary/aromatic N) is 1. The SMILES string of the molecule is O=C(O)c1cnccc1SC(F)(F)F. The molecule has 0 aliphatic rings. The van der Waals surface area contributed by atoms with Crippen LogP contribution in [0.15, 0.2) is 23.4 Å². The zero-order valence-electron chi connectivity index (χ0n) is 6.58. The van der Waals surface area contributed by atoms with Gasteiger partial charge in [0, 0.05) is 17.3 Å². The maximum Gasteiger partial charge on any atom is 0.446 e. The number of pyridine rings is 1. The molecule has 0 unspecified atom stereocenters. The van der Waals surface area contributed by atoms with Gasteiger partial charge < -0.3 is 5.11 Å². The first-order valence-electron chi connectivity index (χ1n) is 3.33. The Morgan fingerprint density at radius 2 is 2.14 bits per heavy atom. The number of carboxylic acid groups (broad SMARTS) is 1. The molecule has 0 fully saturated rings. The fourth-order valence-electron chi connectivity index (χ4n) is 0.756. The van der Waals surface area contributed by atoms with Crippen LogP contribution in [0, 0.1) is 0 Å². The molecule has 0 saturated heterocycles. The number of thioether (sulfide) groups is 1. The number of alkyl halides is 3. The minimum atomic E-state index is -4.49. The van der Waals surface area contributed by atoms with E-state index in [1.165, 1.54) is 0 Å². The van der Waals surface area contributed by atoms with Gasteiger partial charge in [-0.25, -0.2) is 4.79 Å². The molecule has 7 heteroatoms. The largest absolute Gasteiger partial charge is 0.478 e. The number of carbonyl (C=O) groups is 1. The molecule has 76 valence electrons. The van der Waals surface area contributed by atoms with Gasteiger partial charge in [0.15, 0.2) is 0 Å². The van der Waals surface area contributed by atoms with Gasteiger partial charge in [0.05, 0.1) is 5.56 Å². The van der Waals surface area contributed by atoms with Crippen molar-refractivity contribution >= 4 is 17.7 Å². The van der Waals surface area contributed by atoms with Crippen molar-refractivity contribution in [3.8, 4) is 0 Å². The van der Waals surface area contributed by atoms with E-state index < -0.39 is 28.8 Å². The number of carboxylic acids is 1. The van der Waals surface area contributed by atoms with Gasteiger partial charge in [0.2, 0.25) is 0 Å². The van der Waals surface area contributed by atoms with E-state index in [0.717, 1.165) is 18.5 Å². The molecule has 0 amide bonds. The highest BCUT2D eigenvalue weighted by Gasteiger charge is 2.31. The number of hydrogen-bond donors (Lipinski definition) is 1. The lowest BCUT2D eigenvalue weighted by atomic mass is 10.3. The quantitative estimate of drug-likeness (QED) is 0.782. The molecule has 0 aromatic carbocycles. The van der Waals surface area contributed by atoms with Crippen molar-refractivity contribution in [2.75, 3.05) is 0 Å². The molecule has 0 spiro atoms. The molecule has 0 atom stereocenters. The van der Waals surface area contributed by atoms with Gasteiger partial charge in [-0.15, -0.1) is 0 Å². The summed E-state index contributed by atoms with van der Waals surface area (Å²) in [5, 5.41) is 8.54. The summed E-state index contributed by atoms with van der Waals surface area (Å²) in [7, 11) is 0. The standard InChI is InChI=1S/C7H4F3NO2S/c8-7(9,10)14-5-1-2-11-3-4(5)6(12)13/h1-3H,(H,12,13). The van der Waals surface area contributed by atoms with Crippen molar-refractivity contribution in [2.24, 2.45) is 0 Å². The van der Waals surface area contributed by atoms with E-state index in [1.54, 1.807) is 0 Å². The number of halogens is 3. The van der Waals surface area contributed by atoms with Crippen LogP contribution >= 0.6 is 11.8 Å². The summed E-state index contributed by atoms with van der Waals surface area (Å²) in [5.74, 6) is -1.43. The van der Waals surface area contributed by atoms with Crippen molar-refractivity contribution in [3.05, 3.63) is 24.0 Å². The van der Waals surface area contributed by atoms with E-state index in [1.807, 2.05) is 0 Å². The van der Waals surface area contributed by atoms with Crippen LogP contribution in [0.5, 0.6) is 0 Å². The maximum atomic E-state index is 11.9. The molecular weight excluding hydrogens is 219 g/mol. The van der Waals surface area contributed by atoms with Gasteiger partial charge in [-0.05, 0) is 17.8 Å². The van der Waals surface area contributed by atoms with E-state index in [4.69, 9.17) is 5.11 Å². The first kappa shape index (κ1) is 10.8. The van der Waals surface area contributed by atoms with Crippen molar-refractivity contribution in [3.63, 3.8) is 0 Å². The molecule has 14 heavy (non-hydrogen) atoms. The van der Waals surface area contributed by atoms with Gasteiger partial charge in [0.1, 0.15) is 0 Å². The molecule has 0 aliphatic carbocycles. The minimum Gasteiger partial charge on any atom is -0.478 e. The van der Waals surface area contributed by atoms with Crippen molar-refractivity contribution < 1.29 is 23.1 Å². The van der Waals surface area contributed by atoms with Crippen LogP contribution in [0.2, 0.25) is 0 Å². The highest BCUT2D eigenvalue weighted by molar-refractivity contribution is 8.00. The van der Waals surface area contributed by atoms with E-state index in [2.05, 4.69) is 4.98 Å². The summed E-state index contributed by atoms with van der Waals surface area (Å²) in [4.78, 5) is 13.6. The predicted octanol–water partition coefficient (Wildman–Crippen LogP) is 2.39. The Balaban J connectivity index is 3.02. The second-order valence-corrected chi connectivity index (χ2v) is 3.33. The molecule has 1 rings (SSSR count). The second kappa shape index (κ2) is 3.87. The summed E-state index contributed by atoms with van der Waals surface area (Å²) in [6, 6.07) is 1.02. The van der Waals surface area contributed by atoms with Crippen molar-refractivity contribution in [2.45, 2.75) is 10.4 Å². The molecular formula is C7H4F3NO2S. The Labute approximate surface area is 81.0 Å². The highest BCUT2D eigenvalue weighted by atomic mass is 32.2. The summed E-state index contributed by atoms with van der Waals surface area (Å²) in [6.45, 7) is 0. The van der Waals surface area contributed by atoms with Crippen LogP contribution in [0.4, 0.5) is 13.2 Å². The van der Waals surface area contributed by atoms with Gasteiger partial charge >= 0.3 is 11.5 Å². The molecule has 1 aromatic rings. The Hall–Kier alpha value is -1.24. The first-order valence-corrected chi connectivity index (χ1v) is 4.15. The van der Waals surface area contributed by atoms with Crippen LogP contribution in [0.3, 0.4) is 0 Å². The van der Waals surface area contributed by atoms with E-state index in [0.29, 0.717) is 0 Å². The first-order chi connectivity index (χ1) is 6.40. The normalized spacial score (nSPS) is 11.4. The highest BCUT2D eigenvalue weighted by Crippen LogP contribution is 2.38. The average molecular weight is 223 g/mol. The number of aromatic nitrogens is 1. The molecule has 1 aromatic heterocycles. The topological polar surface area (TPSA) is 50.2 Å². The van der Waals surface area contributed by atoms with Gasteiger partial charge in [-0.3, -0.25) is 4.98 Å². The van der Waals surface area contributed by atoms with Crippen LogP contribution < -0.4 is 0 Å². The molecule has 0 aliphatic heterocycles. The second-order valence-electron chi connectivity index (χ2n) is 2.22. The lowest BCUT2D eigenvalue weighted by Gasteiger charge is -2.07. The van der Waals surface area contributed by atoms with Crippen LogP contribution in [-0.2, 0) is 0 Å². The summed E-state index contributed by atoms with van der Waals surface area (Å²) in [6.07, 6.45) is 2.00. The predicted molar refractivity (Wildman–Crippen MR) is 43.1 cm³/mol. The lowest BCUT2D eigenvalue weighted by molar-refractivity contribution is -0.0328. The van der Waals surface area contributed by atoms with Crippen molar-refractivity contribution in [1.82, 2.24) is 4.98 Å². The average Bonchev–Trinajstić information content (AvgIpc) is 2.01. The molecule has 1 N–H and O–H groups in total. The Kier molecular flexibility index (Phi) is 3.00. The minimum absolute atomic E-state index is 0.361.